The molecule has 0 saturated carbocycles. The summed E-state index contributed by atoms with van der Waals surface area (Å²) >= 11 is 0. The van der Waals surface area contributed by atoms with Crippen LogP contribution in [0.15, 0.2) is 23.2 Å². The molecule has 0 unspecified atom stereocenters. The number of hydrogen-bond donors (Lipinski definition) is 2. The number of carbonyl (C=O) groups excluding carboxylic acids is 1. The summed E-state index contributed by atoms with van der Waals surface area (Å²) in [5.74, 6) is 2.20. The third kappa shape index (κ3) is 5.82. The maximum absolute atomic E-state index is 12.1. The second kappa shape index (κ2) is 10.5. The topological polar surface area (TPSA) is 75.2 Å². The summed E-state index contributed by atoms with van der Waals surface area (Å²) in [5, 5.41) is 6.45. The fourth-order valence-electron chi connectivity index (χ4n) is 2.85. The number of carbonyl (C=O) groups is 1. The van der Waals surface area contributed by atoms with Crippen molar-refractivity contribution < 1.29 is 14.3 Å². The number of benzene rings is 1. The van der Waals surface area contributed by atoms with Gasteiger partial charge in [0.1, 0.15) is 0 Å². The lowest BCUT2D eigenvalue weighted by molar-refractivity contribution is -0.129. The van der Waals surface area contributed by atoms with Gasteiger partial charge in [0.05, 0.1) is 20.3 Å². The van der Waals surface area contributed by atoms with Crippen LogP contribution in [0, 0.1) is 0 Å². The van der Waals surface area contributed by atoms with Crippen molar-refractivity contribution in [2.75, 3.05) is 45.2 Å². The van der Waals surface area contributed by atoms with Crippen LogP contribution < -0.4 is 20.1 Å². The zero-order valence-electron chi connectivity index (χ0n) is 16.0. The van der Waals surface area contributed by atoms with Crippen LogP contribution in [0.1, 0.15) is 33.1 Å². The van der Waals surface area contributed by atoms with Gasteiger partial charge in [0.15, 0.2) is 17.5 Å². The van der Waals surface area contributed by atoms with Crippen LogP contribution in [0.25, 0.3) is 0 Å². The molecule has 0 aromatic heterocycles. The fourth-order valence-corrected chi connectivity index (χ4v) is 2.85. The van der Waals surface area contributed by atoms with Gasteiger partial charge >= 0.3 is 0 Å². The normalized spacial score (nSPS) is 14.3. The van der Waals surface area contributed by atoms with Crippen LogP contribution in [0.4, 0.5) is 5.69 Å². The summed E-state index contributed by atoms with van der Waals surface area (Å²) in [4.78, 5) is 18.6. The maximum Gasteiger partial charge on any atom is 0.224 e. The Kier molecular flexibility index (Phi) is 8.05. The van der Waals surface area contributed by atoms with E-state index in [0.29, 0.717) is 37.0 Å². The van der Waals surface area contributed by atoms with Crippen LogP contribution in [0.2, 0.25) is 0 Å². The number of rotatable bonds is 8. The van der Waals surface area contributed by atoms with Gasteiger partial charge in [-0.3, -0.25) is 9.79 Å². The van der Waals surface area contributed by atoms with Gasteiger partial charge in [-0.1, -0.05) is 0 Å². The predicted octanol–water partition coefficient (Wildman–Crippen LogP) is 2.48. The standard InChI is InChI=1S/C19H30N4O3/c1-4-20-19(21-11-10-18(24)23-12-6-7-13-23)22-15-8-9-16(25-3)17(14-15)26-5-2/h8-9,14H,4-7,10-13H2,1-3H3,(H2,20,21,22). The molecule has 1 saturated heterocycles. The molecule has 0 bridgehead atoms. The van der Waals surface area contributed by atoms with Gasteiger partial charge in [0.25, 0.3) is 0 Å². The first-order chi connectivity index (χ1) is 12.7. The first kappa shape index (κ1) is 19.9. The first-order valence-corrected chi connectivity index (χ1v) is 9.31. The summed E-state index contributed by atoms with van der Waals surface area (Å²) in [6.45, 7) is 7.46. The van der Waals surface area contributed by atoms with Crippen molar-refractivity contribution in [3.05, 3.63) is 18.2 Å². The number of anilines is 1. The molecule has 7 nitrogen and oxygen atoms in total. The second-order valence-corrected chi connectivity index (χ2v) is 6.02. The van der Waals surface area contributed by atoms with E-state index in [9.17, 15) is 4.79 Å². The zero-order valence-corrected chi connectivity index (χ0v) is 16.0. The van der Waals surface area contributed by atoms with E-state index in [1.807, 2.05) is 36.9 Å². The average molecular weight is 362 g/mol. The van der Waals surface area contributed by atoms with Crippen LogP contribution >= 0.6 is 0 Å². The maximum atomic E-state index is 12.1. The predicted molar refractivity (Wildman–Crippen MR) is 104 cm³/mol. The minimum atomic E-state index is 0.185. The molecule has 0 radical (unpaired) electrons. The minimum Gasteiger partial charge on any atom is -0.493 e. The Morgan fingerprint density at radius 1 is 1.23 bits per heavy atom. The number of aliphatic imine (C=N–C) groups is 1. The van der Waals surface area contributed by atoms with Gasteiger partial charge in [-0.2, -0.15) is 0 Å². The van der Waals surface area contributed by atoms with Crippen LogP contribution in [-0.4, -0.2) is 56.7 Å². The number of nitrogens with zero attached hydrogens (tertiary/aromatic N) is 2. The smallest absolute Gasteiger partial charge is 0.224 e. The van der Waals surface area contributed by atoms with E-state index in [1.165, 1.54) is 0 Å². The van der Waals surface area contributed by atoms with E-state index >= 15 is 0 Å². The lowest BCUT2D eigenvalue weighted by atomic mass is 10.2. The van der Waals surface area contributed by atoms with E-state index in [4.69, 9.17) is 9.47 Å². The summed E-state index contributed by atoms with van der Waals surface area (Å²) in [7, 11) is 1.62. The number of ether oxygens (including phenoxy) is 2. The number of nitrogens with one attached hydrogen (secondary N) is 2. The van der Waals surface area contributed by atoms with Crippen LogP contribution in [0.5, 0.6) is 11.5 Å². The molecule has 26 heavy (non-hydrogen) atoms. The van der Waals surface area contributed by atoms with Crippen molar-refractivity contribution in [2.45, 2.75) is 33.1 Å². The number of likely N-dealkylation sites (tertiary alicyclic amines) is 1. The Morgan fingerprint density at radius 2 is 2.00 bits per heavy atom. The van der Waals surface area contributed by atoms with E-state index in [2.05, 4.69) is 15.6 Å². The van der Waals surface area contributed by atoms with E-state index in [0.717, 1.165) is 38.2 Å². The van der Waals surface area contributed by atoms with Gasteiger partial charge in [-0.05, 0) is 38.8 Å². The Hall–Kier alpha value is -2.44. The molecular formula is C19H30N4O3. The van der Waals surface area contributed by atoms with Crippen LogP contribution in [-0.2, 0) is 4.79 Å². The lowest BCUT2D eigenvalue weighted by Gasteiger charge is -2.16. The Balaban J connectivity index is 1.97. The van der Waals surface area contributed by atoms with Crippen molar-refractivity contribution in [3.8, 4) is 11.5 Å². The lowest BCUT2D eigenvalue weighted by Crippen LogP contribution is -2.32. The van der Waals surface area contributed by atoms with E-state index in [-0.39, 0.29) is 5.91 Å². The molecule has 1 fully saturated rings. The number of hydrogen-bond acceptors (Lipinski definition) is 4. The monoisotopic (exact) mass is 362 g/mol. The summed E-state index contributed by atoms with van der Waals surface area (Å²) in [6, 6.07) is 5.64. The third-order valence-corrected chi connectivity index (χ3v) is 4.12. The van der Waals surface area contributed by atoms with Gasteiger partial charge in [0, 0.05) is 37.8 Å². The van der Waals surface area contributed by atoms with Crippen molar-refractivity contribution >= 4 is 17.6 Å². The highest BCUT2D eigenvalue weighted by molar-refractivity contribution is 5.94. The molecule has 0 atom stereocenters. The SMILES string of the molecule is CCNC(=NCCC(=O)N1CCCC1)Nc1ccc(OC)c(OCC)c1. The number of guanidine groups is 1. The summed E-state index contributed by atoms with van der Waals surface area (Å²) in [6.07, 6.45) is 2.65. The highest BCUT2D eigenvalue weighted by atomic mass is 16.5. The Labute approximate surface area is 155 Å². The highest BCUT2D eigenvalue weighted by Crippen LogP contribution is 2.30. The Bertz CT molecular complexity index is 613. The third-order valence-electron chi connectivity index (χ3n) is 4.12. The molecule has 0 aliphatic carbocycles. The quantitative estimate of drug-likeness (QED) is 0.549. The van der Waals surface area contributed by atoms with Crippen molar-refractivity contribution in [1.82, 2.24) is 10.2 Å². The van der Waals surface area contributed by atoms with Crippen molar-refractivity contribution in [1.29, 1.82) is 0 Å². The summed E-state index contributed by atoms with van der Waals surface area (Å²) in [5.41, 5.74) is 0.847. The molecule has 1 heterocycles. The van der Waals surface area contributed by atoms with Crippen LogP contribution in [0.3, 0.4) is 0 Å². The molecule has 1 aromatic carbocycles. The largest absolute Gasteiger partial charge is 0.493 e. The van der Waals surface area contributed by atoms with Crippen molar-refractivity contribution in [3.63, 3.8) is 0 Å². The minimum absolute atomic E-state index is 0.185. The molecule has 0 spiro atoms. The Morgan fingerprint density at radius 3 is 2.65 bits per heavy atom. The first-order valence-electron chi connectivity index (χ1n) is 9.31. The van der Waals surface area contributed by atoms with Gasteiger partial charge < -0.3 is 25.0 Å². The van der Waals surface area contributed by atoms with Gasteiger partial charge in [0.2, 0.25) is 5.91 Å². The second-order valence-electron chi connectivity index (χ2n) is 6.02. The molecule has 1 aromatic rings. The molecule has 2 rings (SSSR count). The molecule has 1 amide bonds. The highest BCUT2D eigenvalue weighted by Gasteiger charge is 2.17. The average Bonchev–Trinajstić information content (AvgIpc) is 3.17. The van der Waals surface area contributed by atoms with Gasteiger partial charge in [-0.15, -0.1) is 0 Å². The number of methoxy groups -OCH3 is 1. The zero-order chi connectivity index (χ0) is 18.8. The van der Waals surface area contributed by atoms with E-state index < -0.39 is 0 Å². The molecule has 1 aliphatic rings. The molecule has 2 N–H and O–H groups in total. The van der Waals surface area contributed by atoms with Crippen molar-refractivity contribution in [2.24, 2.45) is 4.99 Å². The summed E-state index contributed by atoms with van der Waals surface area (Å²) < 4.78 is 10.9. The molecule has 1 aliphatic heterocycles. The van der Waals surface area contributed by atoms with Gasteiger partial charge in [-0.25, -0.2) is 0 Å². The fraction of sp³-hybridized carbons (Fsp3) is 0.579. The molecular weight excluding hydrogens is 332 g/mol. The molecule has 7 heteroatoms. The van der Waals surface area contributed by atoms with E-state index in [1.54, 1.807) is 7.11 Å². The number of amides is 1. The molecule has 144 valence electrons.